The van der Waals surface area contributed by atoms with E-state index >= 15 is 0 Å². The van der Waals surface area contributed by atoms with Crippen LogP contribution in [-0.4, -0.2) is 44.1 Å². The number of carbonyl (C=O) groups is 2. The monoisotopic (exact) mass is 486 g/mol. The predicted octanol–water partition coefficient (Wildman–Crippen LogP) is 1.21. The molecule has 2 aromatic carbocycles. The normalized spacial score (nSPS) is 11.2. The van der Waals surface area contributed by atoms with Crippen molar-refractivity contribution in [3.05, 3.63) is 56.1 Å². The summed E-state index contributed by atoms with van der Waals surface area (Å²) in [5.41, 5.74) is -0.890. The first-order valence-corrected chi connectivity index (χ1v) is 11.7. The molecule has 10 nitrogen and oxygen atoms in total. The number of halogens is 1. The Hall–Kier alpha value is -2.65. The zero-order chi connectivity index (χ0) is 22.1. The SMILES string of the molecule is CC(=O)Nc1cc(O)c(C(=O)Cc2cc(Cl)cc(C)c2[N+](=O)[O-])cc1[As](=O)(O)O. The minimum absolute atomic E-state index is 0.0153. The molecule has 2 rings (SSSR count). The molecule has 1 amide bonds. The van der Waals surface area contributed by atoms with E-state index in [4.69, 9.17) is 11.6 Å². The standard InChI is InChI=1S/C17H16AsClN2O8/c1-8-3-11(19)4-10(17(8)21(28)29)5-15(23)12-6-13(18(25,26)27)14(7-16(12)24)20-9(2)22/h3-4,6-7,24H,5H2,1-2H3,(H,20,22)(H2,25,26,27). The number of phenols is 1. The maximum atomic E-state index is 12.7. The van der Waals surface area contributed by atoms with Crippen LogP contribution < -0.4 is 9.67 Å². The molecule has 0 radical (unpaired) electrons. The summed E-state index contributed by atoms with van der Waals surface area (Å²) in [6, 6.07) is 4.23. The third kappa shape index (κ3) is 5.24. The number of aryl methyl sites for hydroxylation is 1. The zero-order valence-corrected chi connectivity index (χ0v) is 17.8. The summed E-state index contributed by atoms with van der Waals surface area (Å²) in [6.45, 7) is 2.55. The second-order valence-corrected chi connectivity index (χ2v) is 9.93. The molecule has 0 saturated carbocycles. The number of hydrogen-bond acceptors (Lipinski definition) is 6. The Morgan fingerprint density at radius 1 is 1.24 bits per heavy atom. The van der Waals surface area contributed by atoms with E-state index in [9.17, 15) is 36.7 Å². The first-order chi connectivity index (χ1) is 13.3. The Balaban J connectivity index is 2.56. The van der Waals surface area contributed by atoms with Crippen LogP contribution in [0.1, 0.15) is 28.4 Å². The van der Waals surface area contributed by atoms with Crippen molar-refractivity contribution in [1.29, 1.82) is 0 Å². The van der Waals surface area contributed by atoms with Gasteiger partial charge in [0.05, 0.1) is 0 Å². The molecular formula is C17H16AsClN2O8. The van der Waals surface area contributed by atoms with Gasteiger partial charge < -0.3 is 0 Å². The van der Waals surface area contributed by atoms with Gasteiger partial charge in [0.25, 0.3) is 0 Å². The Kier molecular flexibility index (Phi) is 6.54. The number of rotatable bonds is 6. The summed E-state index contributed by atoms with van der Waals surface area (Å²) in [7, 11) is 0. The maximum absolute atomic E-state index is 12.7. The molecule has 4 N–H and O–H groups in total. The van der Waals surface area contributed by atoms with Crippen molar-refractivity contribution < 1.29 is 31.5 Å². The van der Waals surface area contributed by atoms with E-state index in [1.165, 1.54) is 19.1 Å². The average molecular weight is 487 g/mol. The number of anilines is 1. The van der Waals surface area contributed by atoms with Gasteiger partial charge in [-0.1, -0.05) is 0 Å². The van der Waals surface area contributed by atoms with Crippen LogP contribution in [-0.2, 0) is 15.0 Å². The summed E-state index contributed by atoms with van der Waals surface area (Å²) in [6.07, 6.45) is -0.543. The fourth-order valence-corrected chi connectivity index (χ4v) is 4.63. The van der Waals surface area contributed by atoms with Crippen LogP contribution in [0.4, 0.5) is 11.4 Å². The van der Waals surface area contributed by atoms with Gasteiger partial charge in [-0.3, -0.25) is 0 Å². The van der Waals surface area contributed by atoms with E-state index in [1.54, 1.807) is 0 Å². The third-order valence-electron chi connectivity index (χ3n) is 3.92. The van der Waals surface area contributed by atoms with Gasteiger partial charge in [-0.05, 0) is 0 Å². The van der Waals surface area contributed by atoms with E-state index in [1.807, 2.05) is 0 Å². The van der Waals surface area contributed by atoms with Gasteiger partial charge in [-0.15, -0.1) is 0 Å². The molecule has 0 bridgehead atoms. The molecule has 0 aliphatic heterocycles. The van der Waals surface area contributed by atoms with Gasteiger partial charge in [0.1, 0.15) is 0 Å². The number of hydrogen-bond donors (Lipinski definition) is 4. The number of benzene rings is 2. The van der Waals surface area contributed by atoms with Crippen LogP contribution in [0.5, 0.6) is 5.75 Å². The Morgan fingerprint density at radius 2 is 1.86 bits per heavy atom. The molecule has 0 spiro atoms. The van der Waals surface area contributed by atoms with E-state index in [2.05, 4.69) is 5.32 Å². The first-order valence-electron chi connectivity index (χ1n) is 7.98. The number of nitrogens with one attached hydrogen (secondary N) is 1. The molecule has 154 valence electrons. The number of nitro groups is 1. The fraction of sp³-hybridized carbons (Fsp3) is 0.176. The van der Waals surface area contributed by atoms with Gasteiger partial charge in [0, 0.05) is 0 Å². The molecule has 0 unspecified atom stereocenters. The molecule has 0 heterocycles. The van der Waals surface area contributed by atoms with Crippen LogP contribution in [0.2, 0.25) is 5.02 Å². The Labute approximate surface area is 172 Å². The summed E-state index contributed by atoms with van der Waals surface area (Å²) in [5.74, 6) is -2.11. The molecule has 0 saturated heterocycles. The predicted molar refractivity (Wildman–Crippen MR) is 104 cm³/mol. The van der Waals surface area contributed by atoms with Crippen molar-refractivity contribution >= 4 is 53.2 Å². The number of aromatic hydroxyl groups is 1. The number of amides is 1. The fourth-order valence-electron chi connectivity index (χ4n) is 2.80. The van der Waals surface area contributed by atoms with Gasteiger partial charge >= 0.3 is 172 Å². The molecule has 0 aliphatic carbocycles. The minimum atomic E-state index is -5.61. The van der Waals surface area contributed by atoms with Gasteiger partial charge in [0.2, 0.25) is 0 Å². The van der Waals surface area contributed by atoms with Crippen LogP contribution >= 0.6 is 11.6 Å². The molecule has 12 heteroatoms. The van der Waals surface area contributed by atoms with Crippen LogP contribution in [0, 0.1) is 17.0 Å². The van der Waals surface area contributed by atoms with E-state index in [0.29, 0.717) is 0 Å². The summed E-state index contributed by atoms with van der Waals surface area (Å²) >= 11 is 0.306. The second kappa shape index (κ2) is 8.38. The molecule has 0 aromatic heterocycles. The van der Waals surface area contributed by atoms with Crippen LogP contribution in [0.3, 0.4) is 0 Å². The Bertz CT molecular complexity index is 1080. The second-order valence-electron chi connectivity index (χ2n) is 6.20. The van der Waals surface area contributed by atoms with Gasteiger partial charge in [0.15, 0.2) is 0 Å². The molecule has 0 fully saturated rings. The average Bonchev–Trinajstić information content (AvgIpc) is 2.51. The van der Waals surface area contributed by atoms with E-state index in [0.717, 1.165) is 19.1 Å². The van der Waals surface area contributed by atoms with Crippen molar-refractivity contribution in [2.24, 2.45) is 0 Å². The molecule has 0 aliphatic rings. The zero-order valence-electron chi connectivity index (χ0n) is 15.2. The molecule has 29 heavy (non-hydrogen) atoms. The van der Waals surface area contributed by atoms with Crippen molar-refractivity contribution in [3.63, 3.8) is 0 Å². The van der Waals surface area contributed by atoms with Gasteiger partial charge in [-0.2, -0.15) is 0 Å². The van der Waals surface area contributed by atoms with Crippen molar-refractivity contribution in [3.8, 4) is 5.75 Å². The van der Waals surface area contributed by atoms with Crippen LogP contribution in [0.25, 0.3) is 0 Å². The number of phenolic OH excluding ortho intramolecular Hbond substituents is 1. The molecular weight excluding hydrogens is 471 g/mol. The van der Waals surface area contributed by atoms with Crippen LogP contribution in [0.15, 0.2) is 24.3 Å². The van der Waals surface area contributed by atoms with Gasteiger partial charge in [-0.25, -0.2) is 0 Å². The van der Waals surface area contributed by atoms with Crippen molar-refractivity contribution in [2.75, 3.05) is 5.32 Å². The summed E-state index contributed by atoms with van der Waals surface area (Å²) in [5, 5.41) is 23.8. The number of nitrogens with zero attached hydrogens (tertiary/aromatic N) is 1. The number of carbonyl (C=O) groups excluding carboxylic acids is 2. The molecule has 2 aromatic rings. The topological polar surface area (TPSA) is 167 Å². The number of ketones is 1. The summed E-state index contributed by atoms with van der Waals surface area (Å²) < 4.78 is 30.4. The first kappa shape index (κ1) is 22.6. The Morgan fingerprint density at radius 3 is 2.38 bits per heavy atom. The van der Waals surface area contributed by atoms with E-state index < -0.39 is 52.9 Å². The van der Waals surface area contributed by atoms with E-state index in [-0.39, 0.29) is 27.5 Å². The number of Topliss-reactive ketones (excluding diaryl/α,β-unsaturated/α-hetero) is 1. The molecule has 0 atom stereocenters. The quantitative estimate of drug-likeness (QED) is 0.204. The van der Waals surface area contributed by atoms with Crippen molar-refractivity contribution in [1.82, 2.24) is 0 Å². The third-order valence-corrected chi connectivity index (χ3v) is 6.23. The summed E-state index contributed by atoms with van der Waals surface area (Å²) in [4.78, 5) is 34.6. The van der Waals surface area contributed by atoms with Crippen molar-refractivity contribution in [2.45, 2.75) is 20.3 Å². The number of nitro benzene ring substituents is 1.